The molecule has 0 atom stereocenters. The molecule has 10 nitrogen and oxygen atoms in total. The maximum absolute atomic E-state index is 12.2. The standard InChI is InChI=1S/C13H12N4O6S3/c14-8-9-6-12(24-13(9)15)17-16-10-2-1-3-11(7-10)26(19,20)5-4-21-25-23-22-18/h1-3,6-7,18H,4-5,15H2/b17-16+. The lowest BCUT2D eigenvalue weighted by Crippen LogP contribution is -2.11. The molecule has 0 radical (unpaired) electrons. The summed E-state index contributed by atoms with van der Waals surface area (Å²) in [7, 11) is -3.62. The number of anilines is 1. The van der Waals surface area contributed by atoms with Crippen molar-refractivity contribution < 1.29 is 27.2 Å². The molecule has 3 N–H and O–H groups in total. The number of hydrogen-bond acceptors (Lipinski definition) is 12. The molecular formula is C13H12N4O6S3. The summed E-state index contributed by atoms with van der Waals surface area (Å²) >= 11 is 1.40. The number of rotatable bonds is 9. The Hall–Kier alpha value is -2.05. The lowest BCUT2D eigenvalue weighted by atomic mass is 10.3. The Morgan fingerprint density at radius 1 is 1.35 bits per heavy atom. The molecule has 0 aliphatic rings. The van der Waals surface area contributed by atoms with Gasteiger partial charge in [0.2, 0.25) is 0 Å². The highest BCUT2D eigenvalue weighted by molar-refractivity contribution is 7.91. The number of nitrogens with two attached hydrogens (primary N) is 1. The first-order valence-corrected chi connectivity index (χ1v) is 9.90. The van der Waals surface area contributed by atoms with Crippen LogP contribution >= 0.6 is 23.7 Å². The van der Waals surface area contributed by atoms with E-state index in [-0.39, 0.29) is 17.3 Å². The van der Waals surface area contributed by atoms with Gasteiger partial charge in [0, 0.05) is 0 Å². The fraction of sp³-hybridized carbons (Fsp3) is 0.154. The predicted molar refractivity (Wildman–Crippen MR) is 94.5 cm³/mol. The Morgan fingerprint density at radius 3 is 2.85 bits per heavy atom. The van der Waals surface area contributed by atoms with Crippen LogP contribution in [0.5, 0.6) is 0 Å². The fourth-order valence-corrected chi connectivity index (χ4v) is 3.85. The van der Waals surface area contributed by atoms with Crippen molar-refractivity contribution in [2.45, 2.75) is 4.90 Å². The first kappa shape index (κ1) is 20.3. The summed E-state index contributed by atoms with van der Waals surface area (Å²) in [5.41, 5.74) is 6.29. The van der Waals surface area contributed by atoms with E-state index in [4.69, 9.17) is 20.4 Å². The molecule has 0 amide bonds. The second-order valence-electron chi connectivity index (χ2n) is 4.52. The molecule has 138 valence electrons. The summed E-state index contributed by atoms with van der Waals surface area (Å²) in [5, 5.41) is 28.8. The number of hydrogen-bond donors (Lipinski definition) is 2. The van der Waals surface area contributed by atoms with Gasteiger partial charge in [-0.15, -0.1) is 14.6 Å². The topological polar surface area (TPSA) is 157 Å². The summed E-state index contributed by atoms with van der Waals surface area (Å²) in [6.07, 6.45) is 0. The zero-order valence-corrected chi connectivity index (χ0v) is 15.4. The van der Waals surface area contributed by atoms with Gasteiger partial charge < -0.3 is 5.73 Å². The molecule has 0 aliphatic carbocycles. The molecule has 1 aromatic heterocycles. The second kappa shape index (κ2) is 9.59. The molecule has 2 aromatic rings. The second-order valence-corrected chi connectivity index (χ2v) is 8.20. The van der Waals surface area contributed by atoms with Crippen LogP contribution in [0.4, 0.5) is 15.7 Å². The first-order valence-electron chi connectivity index (χ1n) is 6.76. The average molecular weight is 416 g/mol. The average Bonchev–Trinajstić information content (AvgIpc) is 3.00. The van der Waals surface area contributed by atoms with Gasteiger partial charge in [-0.25, -0.2) is 13.7 Å². The van der Waals surface area contributed by atoms with E-state index < -0.39 is 9.84 Å². The zero-order valence-electron chi connectivity index (χ0n) is 12.9. The van der Waals surface area contributed by atoms with Crippen LogP contribution in [0.15, 0.2) is 45.5 Å². The van der Waals surface area contributed by atoms with Crippen LogP contribution in [0.2, 0.25) is 0 Å². The predicted octanol–water partition coefficient (Wildman–Crippen LogP) is 3.39. The highest BCUT2D eigenvalue weighted by Crippen LogP contribution is 2.32. The number of nitrogens with zero attached hydrogens (tertiary/aromatic N) is 3. The summed E-state index contributed by atoms with van der Waals surface area (Å²) < 4.78 is 33.2. The molecule has 0 fully saturated rings. The smallest absolute Gasteiger partial charge is 0.197 e. The molecule has 26 heavy (non-hydrogen) atoms. The number of nitrogen functional groups attached to an aromatic ring is 1. The molecule has 0 saturated carbocycles. The minimum Gasteiger partial charge on any atom is -0.389 e. The maximum Gasteiger partial charge on any atom is 0.197 e. The SMILES string of the molecule is N#Cc1cc(/N=N/c2cccc(S(=O)(=O)CCOSOOO)c2)sc1N. The third kappa shape index (κ3) is 5.75. The van der Waals surface area contributed by atoms with Gasteiger partial charge in [-0.2, -0.15) is 5.26 Å². The van der Waals surface area contributed by atoms with E-state index in [9.17, 15) is 8.42 Å². The molecular weight excluding hydrogens is 404 g/mol. The summed E-state index contributed by atoms with van der Waals surface area (Å²) in [4.78, 5) is 0.0466. The Labute approximate surface area is 157 Å². The van der Waals surface area contributed by atoms with Crippen LogP contribution in [0.25, 0.3) is 0 Å². The molecule has 2 rings (SSSR count). The van der Waals surface area contributed by atoms with Crippen molar-refractivity contribution in [3.63, 3.8) is 0 Å². The van der Waals surface area contributed by atoms with Crippen molar-refractivity contribution >= 4 is 49.2 Å². The van der Waals surface area contributed by atoms with E-state index in [1.165, 1.54) is 24.3 Å². The summed E-state index contributed by atoms with van der Waals surface area (Å²) in [5.74, 6) is -0.317. The molecule has 1 heterocycles. The highest BCUT2D eigenvalue weighted by atomic mass is 32.2. The molecule has 13 heteroatoms. The molecule has 0 spiro atoms. The number of sulfone groups is 1. The van der Waals surface area contributed by atoms with Gasteiger partial charge in [0.1, 0.15) is 16.1 Å². The van der Waals surface area contributed by atoms with Crippen molar-refractivity contribution in [2.24, 2.45) is 10.2 Å². The molecule has 0 unspecified atom stereocenters. The Morgan fingerprint density at radius 2 is 2.15 bits per heavy atom. The van der Waals surface area contributed by atoms with Gasteiger partial charge in [-0.05, 0) is 24.3 Å². The Bertz CT molecular complexity index is 922. The van der Waals surface area contributed by atoms with Crippen LogP contribution in [0, 0.1) is 11.3 Å². The monoisotopic (exact) mass is 416 g/mol. The lowest BCUT2D eigenvalue weighted by molar-refractivity contribution is -0.434. The zero-order chi connectivity index (χ0) is 19.0. The quantitative estimate of drug-likeness (QED) is 0.205. The minimum absolute atomic E-state index is 0.0466. The summed E-state index contributed by atoms with van der Waals surface area (Å²) in [6.45, 7) is -0.187. The van der Waals surface area contributed by atoms with Gasteiger partial charge in [0.25, 0.3) is 0 Å². The highest BCUT2D eigenvalue weighted by Gasteiger charge is 2.15. The molecule has 0 saturated heterocycles. The van der Waals surface area contributed by atoms with E-state index in [0.717, 1.165) is 11.3 Å². The van der Waals surface area contributed by atoms with Crippen LogP contribution in [0.3, 0.4) is 0 Å². The van der Waals surface area contributed by atoms with Gasteiger partial charge in [0.05, 0.1) is 28.5 Å². The summed E-state index contributed by atoms with van der Waals surface area (Å²) in [6, 6.07) is 9.34. The van der Waals surface area contributed by atoms with Gasteiger partial charge in [-0.3, -0.25) is 4.18 Å². The van der Waals surface area contributed by atoms with Gasteiger partial charge in [-0.1, -0.05) is 22.4 Å². The van der Waals surface area contributed by atoms with E-state index in [0.29, 0.717) is 33.6 Å². The molecule has 1 aromatic carbocycles. The Balaban J connectivity index is 2.06. The van der Waals surface area contributed by atoms with Crippen molar-refractivity contribution in [1.29, 1.82) is 5.26 Å². The van der Waals surface area contributed by atoms with Crippen molar-refractivity contribution in [2.75, 3.05) is 18.1 Å². The fourth-order valence-electron chi connectivity index (χ4n) is 1.70. The maximum atomic E-state index is 12.2. The molecule has 0 bridgehead atoms. The van der Waals surface area contributed by atoms with Crippen LogP contribution in [-0.2, 0) is 23.4 Å². The Kier molecular flexibility index (Phi) is 7.48. The molecule has 0 aliphatic heterocycles. The number of thiophene rings is 1. The van der Waals surface area contributed by atoms with Crippen LogP contribution < -0.4 is 5.73 Å². The normalized spacial score (nSPS) is 11.7. The van der Waals surface area contributed by atoms with Crippen LogP contribution in [0.1, 0.15) is 5.56 Å². The van der Waals surface area contributed by atoms with E-state index in [1.807, 2.05) is 6.07 Å². The lowest BCUT2D eigenvalue weighted by Gasteiger charge is -2.04. The van der Waals surface area contributed by atoms with Crippen LogP contribution in [-0.4, -0.2) is 26.0 Å². The van der Waals surface area contributed by atoms with Crippen molar-refractivity contribution in [1.82, 2.24) is 0 Å². The first-order chi connectivity index (χ1) is 12.5. The minimum atomic E-state index is -3.62. The van der Waals surface area contributed by atoms with E-state index in [2.05, 4.69) is 19.6 Å². The van der Waals surface area contributed by atoms with Crippen molar-refractivity contribution in [3.05, 3.63) is 35.9 Å². The van der Waals surface area contributed by atoms with Gasteiger partial charge >= 0.3 is 0 Å². The number of azo groups is 1. The largest absolute Gasteiger partial charge is 0.389 e. The third-order valence-corrected chi connectivity index (χ3v) is 5.75. The number of benzene rings is 1. The van der Waals surface area contributed by atoms with E-state index >= 15 is 0 Å². The van der Waals surface area contributed by atoms with Gasteiger partial charge in [0.15, 0.2) is 22.2 Å². The third-order valence-electron chi connectivity index (χ3n) is 2.85. The number of nitriles is 1. The van der Waals surface area contributed by atoms with E-state index in [1.54, 1.807) is 6.07 Å². The van der Waals surface area contributed by atoms with Crippen molar-refractivity contribution in [3.8, 4) is 6.07 Å².